The SMILES string of the molecule is CCNC(=NCCc1ccccn1)Nc1ccc2c(c1)OCCCO2. The van der Waals surface area contributed by atoms with Gasteiger partial charge in [0.15, 0.2) is 17.5 Å². The molecule has 0 radical (unpaired) electrons. The van der Waals surface area contributed by atoms with E-state index < -0.39 is 0 Å². The van der Waals surface area contributed by atoms with E-state index in [1.54, 1.807) is 6.20 Å². The van der Waals surface area contributed by atoms with Crippen molar-refractivity contribution in [3.8, 4) is 11.5 Å². The van der Waals surface area contributed by atoms with Crippen molar-refractivity contribution in [2.24, 2.45) is 4.99 Å². The van der Waals surface area contributed by atoms with Crippen LogP contribution in [0.15, 0.2) is 47.6 Å². The fraction of sp³-hybridized carbons (Fsp3) is 0.368. The molecule has 1 aromatic heterocycles. The summed E-state index contributed by atoms with van der Waals surface area (Å²) in [5, 5.41) is 6.58. The first kappa shape index (κ1) is 17.1. The summed E-state index contributed by atoms with van der Waals surface area (Å²) in [6.45, 7) is 4.87. The molecule has 0 saturated carbocycles. The van der Waals surface area contributed by atoms with Crippen molar-refractivity contribution in [1.82, 2.24) is 10.3 Å². The van der Waals surface area contributed by atoms with Crippen LogP contribution in [0, 0.1) is 0 Å². The molecular formula is C19H24N4O2. The normalized spacial score (nSPS) is 13.9. The third-order valence-electron chi connectivity index (χ3n) is 3.72. The molecule has 2 heterocycles. The fourth-order valence-corrected chi connectivity index (χ4v) is 2.51. The van der Waals surface area contributed by atoms with Crippen molar-refractivity contribution in [2.45, 2.75) is 19.8 Å². The smallest absolute Gasteiger partial charge is 0.195 e. The van der Waals surface area contributed by atoms with Gasteiger partial charge in [-0.1, -0.05) is 6.07 Å². The zero-order valence-corrected chi connectivity index (χ0v) is 14.5. The van der Waals surface area contributed by atoms with Crippen LogP contribution in [0.5, 0.6) is 11.5 Å². The van der Waals surface area contributed by atoms with E-state index in [1.165, 1.54) is 0 Å². The molecule has 2 N–H and O–H groups in total. The predicted octanol–water partition coefficient (Wildman–Crippen LogP) is 2.86. The van der Waals surface area contributed by atoms with E-state index in [9.17, 15) is 0 Å². The predicted molar refractivity (Wildman–Crippen MR) is 99.6 cm³/mol. The largest absolute Gasteiger partial charge is 0.490 e. The molecule has 0 fully saturated rings. The van der Waals surface area contributed by atoms with E-state index in [-0.39, 0.29) is 0 Å². The fourth-order valence-electron chi connectivity index (χ4n) is 2.51. The Morgan fingerprint density at radius 2 is 2.04 bits per heavy atom. The van der Waals surface area contributed by atoms with E-state index in [4.69, 9.17) is 9.47 Å². The van der Waals surface area contributed by atoms with Crippen molar-refractivity contribution in [2.75, 3.05) is 31.6 Å². The summed E-state index contributed by atoms with van der Waals surface area (Å²) in [6, 6.07) is 11.8. The number of aromatic nitrogens is 1. The topological polar surface area (TPSA) is 67.8 Å². The van der Waals surface area contributed by atoms with Crippen LogP contribution >= 0.6 is 0 Å². The quantitative estimate of drug-likeness (QED) is 0.647. The highest BCUT2D eigenvalue weighted by Gasteiger charge is 2.11. The Balaban J connectivity index is 1.64. The van der Waals surface area contributed by atoms with Gasteiger partial charge >= 0.3 is 0 Å². The van der Waals surface area contributed by atoms with Gasteiger partial charge in [0.1, 0.15) is 0 Å². The number of fused-ring (bicyclic) bond motifs is 1. The van der Waals surface area contributed by atoms with Gasteiger partial charge in [-0.15, -0.1) is 0 Å². The lowest BCUT2D eigenvalue weighted by atomic mass is 10.2. The maximum Gasteiger partial charge on any atom is 0.195 e. The number of aliphatic imine (C=N–C) groups is 1. The van der Waals surface area contributed by atoms with Crippen LogP contribution in [0.2, 0.25) is 0 Å². The van der Waals surface area contributed by atoms with Crippen molar-refractivity contribution in [1.29, 1.82) is 0 Å². The number of guanidine groups is 1. The Labute approximate surface area is 148 Å². The van der Waals surface area contributed by atoms with Gasteiger partial charge in [-0.2, -0.15) is 0 Å². The first-order valence-corrected chi connectivity index (χ1v) is 8.70. The Kier molecular flexibility index (Phi) is 6.09. The van der Waals surface area contributed by atoms with E-state index in [0.29, 0.717) is 19.8 Å². The Hall–Kier alpha value is -2.76. The molecule has 0 amide bonds. The van der Waals surface area contributed by atoms with Crippen molar-refractivity contribution >= 4 is 11.6 Å². The minimum Gasteiger partial charge on any atom is -0.490 e. The number of hydrogen-bond acceptors (Lipinski definition) is 4. The summed E-state index contributed by atoms with van der Waals surface area (Å²) in [5.74, 6) is 2.31. The Morgan fingerprint density at radius 1 is 1.16 bits per heavy atom. The minimum absolute atomic E-state index is 0.664. The van der Waals surface area contributed by atoms with Crippen LogP contribution in [0.3, 0.4) is 0 Å². The summed E-state index contributed by atoms with van der Waals surface area (Å²) >= 11 is 0. The molecule has 1 aliphatic rings. The second-order valence-electron chi connectivity index (χ2n) is 5.67. The lowest BCUT2D eigenvalue weighted by Gasteiger charge is -2.13. The average Bonchev–Trinajstić information content (AvgIpc) is 2.88. The second kappa shape index (κ2) is 8.92. The maximum atomic E-state index is 5.74. The van der Waals surface area contributed by atoms with Gasteiger partial charge in [-0.3, -0.25) is 9.98 Å². The highest BCUT2D eigenvalue weighted by molar-refractivity contribution is 5.93. The number of rotatable bonds is 5. The molecule has 132 valence electrons. The molecule has 3 rings (SSSR count). The molecule has 1 aliphatic heterocycles. The third kappa shape index (κ3) is 5.11. The number of ether oxygens (including phenoxy) is 2. The number of pyridine rings is 1. The monoisotopic (exact) mass is 340 g/mol. The van der Waals surface area contributed by atoms with Crippen LogP contribution in [0.1, 0.15) is 19.0 Å². The number of anilines is 1. The second-order valence-corrected chi connectivity index (χ2v) is 5.67. The molecule has 25 heavy (non-hydrogen) atoms. The van der Waals surface area contributed by atoms with Crippen LogP contribution in [-0.2, 0) is 6.42 Å². The standard InChI is InChI=1S/C19H24N4O2/c1-2-20-19(22-11-9-15-6-3-4-10-21-15)23-16-7-8-17-18(14-16)25-13-5-12-24-17/h3-4,6-8,10,14H,2,5,9,11-13H2,1H3,(H2,20,22,23). The van der Waals surface area contributed by atoms with Gasteiger partial charge in [-0.05, 0) is 31.2 Å². The molecule has 6 nitrogen and oxygen atoms in total. The zero-order chi connectivity index (χ0) is 17.3. The number of hydrogen-bond donors (Lipinski definition) is 2. The van der Waals surface area contributed by atoms with Gasteiger partial charge in [0.05, 0.1) is 13.2 Å². The first-order valence-electron chi connectivity index (χ1n) is 8.70. The molecule has 6 heteroatoms. The molecule has 0 saturated heterocycles. The highest BCUT2D eigenvalue weighted by atomic mass is 16.5. The first-order chi connectivity index (χ1) is 12.3. The van der Waals surface area contributed by atoms with E-state index in [0.717, 1.165) is 48.2 Å². The van der Waals surface area contributed by atoms with E-state index in [1.807, 2.05) is 43.3 Å². The maximum absolute atomic E-state index is 5.74. The summed E-state index contributed by atoms with van der Waals surface area (Å²) in [6.07, 6.45) is 3.51. The summed E-state index contributed by atoms with van der Waals surface area (Å²) < 4.78 is 11.4. The summed E-state index contributed by atoms with van der Waals surface area (Å²) in [5.41, 5.74) is 1.96. The van der Waals surface area contributed by atoms with Crippen LogP contribution < -0.4 is 20.1 Å². The van der Waals surface area contributed by atoms with Crippen molar-refractivity contribution < 1.29 is 9.47 Å². The van der Waals surface area contributed by atoms with Gasteiger partial charge in [0.2, 0.25) is 0 Å². The molecule has 1 aromatic carbocycles. The molecule has 0 aliphatic carbocycles. The van der Waals surface area contributed by atoms with Crippen LogP contribution in [0.25, 0.3) is 0 Å². The lowest BCUT2D eigenvalue weighted by molar-refractivity contribution is 0.297. The van der Waals surface area contributed by atoms with Gasteiger partial charge in [0.25, 0.3) is 0 Å². The summed E-state index contributed by atoms with van der Waals surface area (Å²) in [4.78, 5) is 8.94. The van der Waals surface area contributed by atoms with Crippen molar-refractivity contribution in [3.63, 3.8) is 0 Å². The van der Waals surface area contributed by atoms with Gasteiger partial charge < -0.3 is 20.1 Å². The molecule has 0 atom stereocenters. The van der Waals surface area contributed by atoms with E-state index >= 15 is 0 Å². The highest BCUT2D eigenvalue weighted by Crippen LogP contribution is 2.32. The average molecular weight is 340 g/mol. The number of nitrogens with one attached hydrogen (secondary N) is 2. The molecule has 2 aromatic rings. The van der Waals surface area contributed by atoms with Crippen LogP contribution in [0.4, 0.5) is 5.69 Å². The number of nitrogens with zero attached hydrogens (tertiary/aromatic N) is 2. The summed E-state index contributed by atoms with van der Waals surface area (Å²) in [7, 11) is 0. The van der Waals surface area contributed by atoms with E-state index in [2.05, 4.69) is 20.6 Å². The molecule has 0 bridgehead atoms. The Bertz CT molecular complexity index is 704. The Morgan fingerprint density at radius 3 is 2.84 bits per heavy atom. The van der Waals surface area contributed by atoms with Gasteiger partial charge in [-0.25, -0.2) is 0 Å². The molecule has 0 spiro atoms. The van der Waals surface area contributed by atoms with Crippen LogP contribution in [-0.4, -0.2) is 37.2 Å². The number of benzene rings is 1. The molecule has 0 unspecified atom stereocenters. The lowest BCUT2D eigenvalue weighted by Crippen LogP contribution is -2.30. The molecular weight excluding hydrogens is 316 g/mol. The van der Waals surface area contributed by atoms with Crippen molar-refractivity contribution in [3.05, 3.63) is 48.3 Å². The van der Waals surface area contributed by atoms with Gasteiger partial charge in [0, 0.05) is 49.6 Å². The third-order valence-corrected chi connectivity index (χ3v) is 3.72. The minimum atomic E-state index is 0.664. The zero-order valence-electron chi connectivity index (χ0n) is 14.5.